The molecule has 1 atom stereocenters. The first kappa shape index (κ1) is 16.0. The van der Waals surface area contributed by atoms with Crippen molar-refractivity contribution < 1.29 is 27.5 Å². The SMILES string of the molecule is Cn1cc(S(=O)(=O)N2CCCC2)cc1C(=O)OC1CCOC1=O. The van der Waals surface area contributed by atoms with E-state index < -0.39 is 28.1 Å². The molecule has 3 heterocycles. The summed E-state index contributed by atoms with van der Waals surface area (Å²) in [5.74, 6) is -1.31. The molecule has 126 valence electrons. The van der Waals surface area contributed by atoms with Gasteiger partial charge in [-0.3, -0.25) is 0 Å². The van der Waals surface area contributed by atoms with Gasteiger partial charge in [-0.25, -0.2) is 18.0 Å². The first-order valence-electron chi connectivity index (χ1n) is 7.44. The fraction of sp³-hybridized carbons (Fsp3) is 0.571. The lowest BCUT2D eigenvalue weighted by Crippen LogP contribution is -2.27. The van der Waals surface area contributed by atoms with Gasteiger partial charge in [0.15, 0.2) is 0 Å². The molecule has 2 fully saturated rings. The molecular formula is C14H18N2O6S. The van der Waals surface area contributed by atoms with Crippen LogP contribution < -0.4 is 0 Å². The Labute approximate surface area is 134 Å². The maximum absolute atomic E-state index is 12.5. The van der Waals surface area contributed by atoms with Crippen molar-refractivity contribution >= 4 is 22.0 Å². The van der Waals surface area contributed by atoms with Crippen LogP contribution in [0.15, 0.2) is 17.2 Å². The van der Waals surface area contributed by atoms with Gasteiger partial charge in [0.2, 0.25) is 16.1 Å². The van der Waals surface area contributed by atoms with Crippen molar-refractivity contribution in [2.24, 2.45) is 7.05 Å². The van der Waals surface area contributed by atoms with Crippen LogP contribution in [0, 0.1) is 0 Å². The van der Waals surface area contributed by atoms with E-state index >= 15 is 0 Å². The minimum absolute atomic E-state index is 0.0582. The van der Waals surface area contributed by atoms with Crippen molar-refractivity contribution in [3.63, 3.8) is 0 Å². The van der Waals surface area contributed by atoms with Crippen molar-refractivity contribution in [2.45, 2.75) is 30.3 Å². The zero-order valence-corrected chi connectivity index (χ0v) is 13.5. The maximum Gasteiger partial charge on any atom is 0.355 e. The Balaban J connectivity index is 1.80. The maximum atomic E-state index is 12.5. The number of sulfonamides is 1. The molecule has 23 heavy (non-hydrogen) atoms. The van der Waals surface area contributed by atoms with Gasteiger partial charge in [-0.15, -0.1) is 0 Å². The van der Waals surface area contributed by atoms with Gasteiger partial charge < -0.3 is 14.0 Å². The average molecular weight is 342 g/mol. The summed E-state index contributed by atoms with van der Waals surface area (Å²) in [6.45, 7) is 1.20. The van der Waals surface area contributed by atoms with Crippen LogP contribution in [0.25, 0.3) is 0 Å². The molecular weight excluding hydrogens is 324 g/mol. The van der Waals surface area contributed by atoms with Gasteiger partial charge in [0.25, 0.3) is 0 Å². The van der Waals surface area contributed by atoms with E-state index in [0.29, 0.717) is 19.5 Å². The second-order valence-electron chi connectivity index (χ2n) is 5.63. The molecule has 0 amide bonds. The third-order valence-electron chi connectivity index (χ3n) is 4.03. The van der Waals surface area contributed by atoms with Crippen molar-refractivity contribution in [1.29, 1.82) is 0 Å². The fourth-order valence-electron chi connectivity index (χ4n) is 2.73. The summed E-state index contributed by atoms with van der Waals surface area (Å²) >= 11 is 0. The number of ether oxygens (including phenoxy) is 2. The number of aromatic nitrogens is 1. The molecule has 0 saturated carbocycles. The molecule has 8 nitrogen and oxygen atoms in total. The molecule has 0 aliphatic carbocycles. The zero-order valence-electron chi connectivity index (χ0n) is 12.7. The lowest BCUT2D eigenvalue weighted by Gasteiger charge is -2.13. The Morgan fingerprint density at radius 1 is 1.35 bits per heavy atom. The summed E-state index contributed by atoms with van der Waals surface area (Å²) in [5, 5.41) is 0. The first-order valence-corrected chi connectivity index (χ1v) is 8.88. The molecule has 2 saturated heterocycles. The van der Waals surface area contributed by atoms with Crippen LogP contribution in [0.3, 0.4) is 0 Å². The van der Waals surface area contributed by atoms with E-state index in [-0.39, 0.29) is 17.2 Å². The summed E-state index contributed by atoms with van der Waals surface area (Å²) in [4.78, 5) is 23.6. The van der Waals surface area contributed by atoms with Crippen LogP contribution in [-0.2, 0) is 31.3 Å². The normalized spacial score (nSPS) is 22.3. The monoisotopic (exact) mass is 342 g/mol. The van der Waals surface area contributed by atoms with E-state index in [1.54, 1.807) is 7.05 Å². The number of hydrogen-bond donors (Lipinski definition) is 0. The van der Waals surface area contributed by atoms with Crippen LogP contribution in [-0.4, -0.2) is 55.0 Å². The van der Waals surface area contributed by atoms with Crippen LogP contribution in [0.5, 0.6) is 0 Å². The predicted octanol–water partition coefficient (Wildman–Crippen LogP) is 0.282. The minimum Gasteiger partial charge on any atom is -0.463 e. The summed E-state index contributed by atoms with van der Waals surface area (Å²) < 4.78 is 37.6. The van der Waals surface area contributed by atoms with Gasteiger partial charge in [0.1, 0.15) is 10.6 Å². The Bertz CT molecular complexity index is 732. The first-order chi connectivity index (χ1) is 10.9. The second-order valence-corrected chi connectivity index (χ2v) is 7.57. The Morgan fingerprint density at radius 2 is 2.04 bits per heavy atom. The molecule has 0 radical (unpaired) electrons. The zero-order chi connectivity index (χ0) is 16.6. The smallest absolute Gasteiger partial charge is 0.355 e. The highest BCUT2D eigenvalue weighted by Gasteiger charge is 2.33. The summed E-state index contributed by atoms with van der Waals surface area (Å²) in [6.07, 6.45) is 2.46. The molecule has 9 heteroatoms. The molecule has 0 aromatic carbocycles. The van der Waals surface area contributed by atoms with Gasteiger partial charge in [0, 0.05) is 32.8 Å². The quantitative estimate of drug-likeness (QED) is 0.730. The van der Waals surface area contributed by atoms with E-state index in [1.165, 1.54) is 21.1 Å². The number of carbonyl (C=O) groups is 2. The topological polar surface area (TPSA) is 94.9 Å². The number of carbonyl (C=O) groups excluding carboxylic acids is 2. The molecule has 2 aliphatic rings. The van der Waals surface area contributed by atoms with Gasteiger partial charge in [-0.05, 0) is 18.9 Å². The third kappa shape index (κ3) is 2.98. The Morgan fingerprint density at radius 3 is 2.65 bits per heavy atom. The minimum atomic E-state index is -3.60. The van der Waals surface area contributed by atoms with E-state index in [0.717, 1.165) is 12.8 Å². The lowest BCUT2D eigenvalue weighted by atomic mass is 10.3. The predicted molar refractivity (Wildman–Crippen MR) is 78.2 cm³/mol. The van der Waals surface area contributed by atoms with E-state index in [9.17, 15) is 18.0 Å². The van der Waals surface area contributed by atoms with Crippen LogP contribution >= 0.6 is 0 Å². The van der Waals surface area contributed by atoms with Gasteiger partial charge in [0.05, 0.1) is 6.61 Å². The summed E-state index contributed by atoms with van der Waals surface area (Å²) in [5.41, 5.74) is 0.0856. The molecule has 2 aliphatic heterocycles. The van der Waals surface area contributed by atoms with Crippen molar-refractivity contribution in [3.05, 3.63) is 18.0 Å². The standard InChI is InChI=1S/C14H18N2O6S/c1-15-9-10(23(19,20)16-5-2-3-6-16)8-11(15)13(17)22-12-4-7-21-14(12)18/h8-9,12H,2-7H2,1H3. The van der Waals surface area contributed by atoms with Crippen molar-refractivity contribution in [3.8, 4) is 0 Å². The van der Waals surface area contributed by atoms with Crippen molar-refractivity contribution in [1.82, 2.24) is 8.87 Å². The summed E-state index contributed by atoms with van der Waals surface area (Å²) in [6, 6.07) is 1.29. The molecule has 1 aromatic heterocycles. The number of rotatable bonds is 4. The second kappa shape index (κ2) is 5.97. The van der Waals surface area contributed by atoms with Gasteiger partial charge in [-0.2, -0.15) is 4.31 Å². The highest BCUT2D eigenvalue weighted by molar-refractivity contribution is 7.89. The van der Waals surface area contributed by atoms with Crippen LogP contribution in [0.1, 0.15) is 29.8 Å². The van der Waals surface area contributed by atoms with E-state index in [2.05, 4.69) is 0 Å². The van der Waals surface area contributed by atoms with Crippen LogP contribution in [0.4, 0.5) is 0 Å². The summed E-state index contributed by atoms with van der Waals surface area (Å²) in [7, 11) is -2.04. The van der Waals surface area contributed by atoms with Gasteiger partial charge >= 0.3 is 11.9 Å². The number of nitrogens with zero attached hydrogens (tertiary/aromatic N) is 2. The Kier molecular flexibility index (Phi) is 4.15. The van der Waals surface area contributed by atoms with E-state index in [1.807, 2.05) is 0 Å². The third-order valence-corrected chi connectivity index (χ3v) is 5.89. The van der Waals surface area contributed by atoms with Gasteiger partial charge in [-0.1, -0.05) is 0 Å². The number of cyclic esters (lactones) is 1. The number of esters is 2. The average Bonchev–Trinajstić information content (AvgIpc) is 3.20. The van der Waals surface area contributed by atoms with E-state index in [4.69, 9.17) is 9.47 Å². The largest absolute Gasteiger partial charge is 0.463 e. The molecule has 3 rings (SSSR count). The highest BCUT2D eigenvalue weighted by Crippen LogP contribution is 2.23. The number of aryl methyl sites for hydroxylation is 1. The molecule has 0 spiro atoms. The highest BCUT2D eigenvalue weighted by atomic mass is 32.2. The number of hydrogen-bond acceptors (Lipinski definition) is 6. The lowest BCUT2D eigenvalue weighted by molar-refractivity contribution is -0.145. The Hall–Kier alpha value is -1.87. The fourth-order valence-corrected chi connectivity index (χ4v) is 4.32. The molecule has 0 N–H and O–H groups in total. The molecule has 1 aromatic rings. The van der Waals surface area contributed by atoms with Crippen molar-refractivity contribution in [2.75, 3.05) is 19.7 Å². The van der Waals surface area contributed by atoms with Crippen LogP contribution in [0.2, 0.25) is 0 Å². The molecule has 1 unspecified atom stereocenters. The molecule has 0 bridgehead atoms.